The van der Waals surface area contributed by atoms with Crippen molar-refractivity contribution in [2.45, 2.75) is 25.8 Å². The molecule has 35 heavy (non-hydrogen) atoms. The van der Waals surface area contributed by atoms with Crippen molar-refractivity contribution in [1.82, 2.24) is 5.32 Å². The molecule has 0 radical (unpaired) electrons. The van der Waals surface area contributed by atoms with Crippen LogP contribution in [0, 0.1) is 11.7 Å². The van der Waals surface area contributed by atoms with Gasteiger partial charge >= 0.3 is 12.1 Å². The van der Waals surface area contributed by atoms with Crippen molar-refractivity contribution in [2.75, 3.05) is 11.9 Å². The van der Waals surface area contributed by atoms with Crippen molar-refractivity contribution in [3.63, 3.8) is 0 Å². The fourth-order valence-corrected chi connectivity index (χ4v) is 4.20. The summed E-state index contributed by atoms with van der Waals surface area (Å²) in [6.45, 7) is 3.44. The molecule has 3 aromatic carbocycles. The van der Waals surface area contributed by atoms with Crippen LogP contribution in [0.1, 0.15) is 41.3 Å². The van der Waals surface area contributed by atoms with Crippen LogP contribution >= 0.6 is 0 Å². The average molecular weight is 477 g/mol. The summed E-state index contributed by atoms with van der Waals surface area (Å²) in [6, 6.07) is 18.8. The molecule has 0 aromatic heterocycles. The third-order valence-corrected chi connectivity index (χ3v) is 6.32. The number of amides is 2. The van der Waals surface area contributed by atoms with Gasteiger partial charge in [-0.1, -0.05) is 55.5 Å². The molecule has 1 aliphatic carbocycles. The molecule has 180 valence electrons. The van der Waals surface area contributed by atoms with Crippen LogP contribution in [0.2, 0.25) is 0 Å². The first-order valence-electron chi connectivity index (χ1n) is 11.2. The molecule has 0 fully saturated rings. The number of carbonyl (C=O) groups is 3. The molecule has 2 unspecified atom stereocenters. The van der Waals surface area contributed by atoms with Gasteiger partial charge in [-0.15, -0.1) is 0 Å². The topological polar surface area (TPSA) is 105 Å². The Morgan fingerprint density at radius 1 is 0.971 bits per heavy atom. The Labute approximate surface area is 201 Å². The van der Waals surface area contributed by atoms with Gasteiger partial charge in [0.25, 0.3) is 0 Å². The molecule has 8 heteroatoms. The number of aromatic carboxylic acids is 1. The van der Waals surface area contributed by atoms with Gasteiger partial charge in [-0.05, 0) is 47.4 Å². The highest BCUT2D eigenvalue weighted by Crippen LogP contribution is 2.44. The number of hydrogen-bond donors (Lipinski definition) is 3. The largest absolute Gasteiger partial charge is 0.478 e. The normalized spacial score (nSPS) is 13.8. The second kappa shape index (κ2) is 9.97. The van der Waals surface area contributed by atoms with Crippen molar-refractivity contribution in [3.05, 3.63) is 89.2 Å². The first kappa shape index (κ1) is 23.9. The highest BCUT2D eigenvalue weighted by atomic mass is 19.1. The van der Waals surface area contributed by atoms with E-state index >= 15 is 0 Å². The van der Waals surface area contributed by atoms with Gasteiger partial charge in [0.15, 0.2) is 0 Å². The molecule has 2 amide bonds. The van der Waals surface area contributed by atoms with Gasteiger partial charge in [0, 0.05) is 17.6 Å². The molecule has 7 nitrogen and oxygen atoms in total. The van der Waals surface area contributed by atoms with Crippen LogP contribution in [0.4, 0.5) is 14.9 Å². The number of carboxylic acid groups (broad SMARTS) is 1. The van der Waals surface area contributed by atoms with Crippen LogP contribution in [0.15, 0.2) is 66.7 Å². The molecule has 0 aliphatic heterocycles. The van der Waals surface area contributed by atoms with E-state index in [-0.39, 0.29) is 18.2 Å². The van der Waals surface area contributed by atoms with Gasteiger partial charge in [-0.25, -0.2) is 14.0 Å². The molecule has 3 aromatic rings. The fraction of sp³-hybridized carbons (Fsp3) is 0.222. The SMILES string of the molecule is CC(NC(=O)OCC1c2ccccc2-c2ccccc21)C(C)C(=O)Nc1ccc(F)c(C(=O)O)c1. The fourth-order valence-electron chi connectivity index (χ4n) is 4.20. The lowest BCUT2D eigenvalue weighted by atomic mass is 9.98. The molecule has 4 rings (SSSR count). The molecule has 0 spiro atoms. The lowest BCUT2D eigenvalue weighted by Crippen LogP contribution is -2.42. The molecule has 1 aliphatic rings. The summed E-state index contributed by atoms with van der Waals surface area (Å²) >= 11 is 0. The Bertz CT molecular complexity index is 1250. The van der Waals surface area contributed by atoms with E-state index in [2.05, 4.69) is 22.8 Å². The summed E-state index contributed by atoms with van der Waals surface area (Å²) in [4.78, 5) is 36.2. The Hall–Kier alpha value is -4.20. The summed E-state index contributed by atoms with van der Waals surface area (Å²) in [5.41, 5.74) is 4.06. The van der Waals surface area contributed by atoms with E-state index < -0.39 is 41.3 Å². The minimum atomic E-state index is -1.43. The molecule has 2 atom stereocenters. The Kier molecular flexibility index (Phi) is 6.82. The number of hydrogen-bond acceptors (Lipinski definition) is 4. The monoisotopic (exact) mass is 476 g/mol. The number of benzene rings is 3. The van der Waals surface area contributed by atoms with E-state index in [0.29, 0.717) is 0 Å². The van der Waals surface area contributed by atoms with Gasteiger partial charge in [0.1, 0.15) is 12.4 Å². The number of alkyl carbamates (subject to hydrolysis) is 1. The summed E-state index contributed by atoms with van der Waals surface area (Å²) < 4.78 is 19.1. The highest BCUT2D eigenvalue weighted by Gasteiger charge is 2.29. The van der Waals surface area contributed by atoms with E-state index in [1.807, 2.05) is 36.4 Å². The number of nitrogens with one attached hydrogen (secondary N) is 2. The van der Waals surface area contributed by atoms with E-state index in [1.54, 1.807) is 13.8 Å². The van der Waals surface area contributed by atoms with Crippen LogP contribution in [0.5, 0.6) is 0 Å². The Balaban J connectivity index is 1.34. The van der Waals surface area contributed by atoms with Crippen LogP contribution in [-0.2, 0) is 9.53 Å². The van der Waals surface area contributed by atoms with Crippen LogP contribution in [-0.4, -0.2) is 35.7 Å². The second-order valence-electron chi connectivity index (χ2n) is 8.54. The number of anilines is 1. The van der Waals surface area contributed by atoms with Crippen molar-refractivity contribution >= 4 is 23.7 Å². The van der Waals surface area contributed by atoms with E-state index in [4.69, 9.17) is 9.84 Å². The zero-order chi connectivity index (χ0) is 25.1. The minimum Gasteiger partial charge on any atom is -0.478 e. The van der Waals surface area contributed by atoms with Crippen molar-refractivity contribution < 1.29 is 28.6 Å². The maximum Gasteiger partial charge on any atom is 0.407 e. The zero-order valence-electron chi connectivity index (χ0n) is 19.2. The molecule has 0 saturated heterocycles. The van der Waals surface area contributed by atoms with Crippen molar-refractivity contribution in [3.8, 4) is 11.1 Å². The number of carbonyl (C=O) groups excluding carboxylic acids is 2. The van der Waals surface area contributed by atoms with Gasteiger partial charge in [-0.3, -0.25) is 4.79 Å². The first-order chi connectivity index (χ1) is 16.8. The lowest BCUT2D eigenvalue weighted by molar-refractivity contribution is -0.120. The highest BCUT2D eigenvalue weighted by molar-refractivity contribution is 5.95. The smallest absolute Gasteiger partial charge is 0.407 e. The van der Waals surface area contributed by atoms with Crippen LogP contribution in [0.3, 0.4) is 0 Å². The van der Waals surface area contributed by atoms with E-state index in [9.17, 15) is 18.8 Å². The number of fused-ring (bicyclic) bond motifs is 3. The summed E-state index contributed by atoms with van der Waals surface area (Å²) in [5.74, 6) is -3.54. The Morgan fingerprint density at radius 3 is 2.17 bits per heavy atom. The zero-order valence-corrected chi connectivity index (χ0v) is 19.2. The molecular formula is C27H25FN2O5. The molecule has 0 heterocycles. The number of rotatable bonds is 7. The predicted molar refractivity (Wildman–Crippen MR) is 129 cm³/mol. The number of ether oxygens (including phenoxy) is 1. The number of halogens is 1. The first-order valence-corrected chi connectivity index (χ1v) is 11.2. The van der Waals surface area contributed by atoms with Gasteiger partial charge in [0.05, 0.1) is 11.5 Å². The maximum atomic E-state index is 13.6. The summed E-state index contributed by atoms with van der Waals surface area (Å²) in [7, 11) is 0. The average Bonchev–Trinajstić information content (AvgIpc) is 3.17. The molecule has 3 N–H and O–H groups in total. The van der Waals surface area contributed by atoms with Crippen molar-refractivity contribution in [2.24, 2.45) is 5.92 Å². The van der Waals surface area contributed by atoms with Crippen LogP contribution in [0.25, 0.3) is 11.1 Å². The third-order valence-electron chi connectivity index (χ3n) is 6.32. The van der Waals surface area contributed by atoms with Gasteiger partial charge < -0.3 is 20.5 Å². The van der Waals surface area contributed by atoms with Gasteiger partial charge in [-0.2, -0.15) is 0 Å². The van der Waals surface area contributed by atoms with Crippen molar-refractivity contribution in [1.29, 1.82) is 0 Å². The predicted octanol–water partition coefficient (Wildman–Crippen LogP) is 5.03. The van der Waals surface area contributed by atoms with Crippen LogP contribution < -0.4 is 10.6 Å². The van der Waals surface area contributed by atoms with E-state index in [0.717, 1.165) is 34.4 Å². The minimum absolute atomic E-state index is 0.0777. The third kappa shape index (κ3) is 5.01. The number of carboxylic acids is 1. The molecule has 0 bridgehead atoms. The van der Waals surface area contributed by atoms with Gasteiger partial charge in [0.2, 0.25) is 5.91 Å². The second-order valence-corrected chi connectivity index (χ2v) is 8.54. The summed E-state index contributed by atoms with van der Waals surface area (Å²) in [6.07, 6.45) is -0.644. The summed E-state index contributed by atoms with van der Waals surface area (Å²) in [5, 5.41) is 14.3. The maximum absolute atomic E-state index is 13.6. The lowest BCUT2D eigenvalue weighted by Gasteiger charge is -2.21. The Morgan fingerprint density at radius 2 is 1.57 bits per heavy atom. The molecule has 0 saturated carbocycles. The molecular weight excluding hydrogens is 451 g/mol. The quantitative estimate of drug-likeness (QED) is 0.444. The van der Waals surface area contributed by atoms with E-state index in [1.165, 1.54) is 6.07 Å². The standard InChI is InChI=1S/C27H25FN2O5/c1-15(25(31)30-17-11-12-24(28)22(13-17)26(32)33)16(2)29-27(34)35-14-23-20-9-5-3-7-18(20)19-8-4-6-10-21(19)23/h3-13,15-16,23H,14H2,1-2H3,(H,29,34)(H,30,31)(H,32,33).